The molecule has 0 radical (unpaired) electrons. The Morgan fingerprint density at radius 3 is 1.63 bits per heavy atom. The molecule has 0 aliphatic heterocycles. The van der Waals surface area contributed by atoms with Gasteiger partial charge in [-0.1, -0.05) is 49.1 Å². The topological polar surface area (TPSA) is 0 Å². The van der Waals surface area contributed by atoms with Crippen molar-refractivity contribution >= 4 is 10.9 Å². The molecule has 0 saturated heterocycles. The van der Waals surface area contributed by atoms with E-state index >= 15 is 0 Å². The van der Waals surface area contributed by atoms with Crippen LogP contribution in [-0.4, -0.2) is 0 Å². The van der Waals surface area contributed by atoms with E-state index in [0.717, 1.165) is 14.7 Å². The highest BCUT2D eigenvalue weighted by atomic mass is 32.2. The summed E-state index contributed by atoms with van der Waals surface area (Å²) < 4.78 is 39.1. The summed E-state index contributed by atoms with van der Waals surface area (Å²) in [6, 6.07) is 22.7. The third-order valence-electron chi connectivity index (χ3n) is 5.87. The molecule has 156 valence electrons. The smallest absolute Gasteiger partial charge is 0.166 e. The van der Waals surface area contributed by atoms with Crippen LogP contribution in [0.2, 0.25) is 0 Å². The molecule has 4 rings (SSSR count). The van der Waals surface area contributed by atoms with Crippen LogP contribution >= 0.6 is 0 Å². The molecule has 1 aliphatic rings. The van der Waals surface area contributed by atoms with Crippen LogP contribution in [0.25, 0.3) is 0 Å². The van der Waals surface area contributed by atoms with Crippen molar-refractivity contribution in [3.63, 3.8) is 0 Å². The Morgan fingerprint density at radius 2 is 1.13 bits per heavy atom. The largest absolute Gasteiger partial charge is 0.416 e. The lowest BCUT2D eigenvalue weighted by Gasteiger charge is -2.22. The van der Waals surface area contributed by atoms with E-state index in [1.165, 1.54) is 55.4 Å². The second-order valence-corrected chi connectivity index (χ2v) is 10.1. The first-order chi connectivity index (χ1) is 14.4. The monoisotopic (exact) mass is 427 g/mol. The van der Waals surface area contributed by atoms with Crippen LogP contribution in [0.3, 0.4) is 0 Å². The third kappa shape index (κ3) is 4.75. The van der Waals surface area contributed by atoms with Crippen LogP contribution in [0.5, 0.6) is 0 Å². The Bertz CT molecular complexity index is 951. The van der Waals surface area contributed by atoms with E-state index in [1.807, 2.05) is 6.92 Å². The summed E-state index contributed by atoms with van der Waals surface area (Å²) in [4.78, 5) is 3.15. The summed E-state index contributed by atoms with van der Waals surface area (Å²) in [5.41, 5.74) is 1.95. The van der Waals surface area contributed by atoms with Gasteiger partial charge in [0.25, 0.3) is 0 Å². The van der Waals surface area contributed by atoms with Gasteiger partial charge in [-0.05, 0) is 79.8 Å². The highest BCUT2D eigenvalue weighted by Crippen LogP contribution is 2.37. The number of hydrogen-bond acceptors (Lipinski definition) is 0. The maximum absolute atomic E-state index is 13.0. The predicted octanol–water partition coefficient (Wildman–Crippen LogP) is 8.16. The van der Waals surface area contributed by atoms with Crippen LogP contribution in [0.1, 0.15) is 54.7 Å². The van der Waals surface area contributed by atoms with Crippen LogP contribution in [-0.2, 0) is 17.1 Å². The van der Waals surface area contributed by atoms with Gasteiger partial charge in [-0.2, -0.15) is 13.2 Å². The summed E-state index contributed by atoms with van der Waals surface area (Å²) in [5, 5.41) is 0. The lowest BCUT2D eigenvalue weighted by Crippen LogP contribution is -2.09. The predicted molar refractivity (Wildman–Crippen MR) is 117 cm³/mol. The molecule has 1 unspecified atom stereocenters. The Kier molecular flexibility index (Phi) is 6.24. The number of halogens is 3. The van der Waals surface area contributed by atoms with Crippen molar-refractivity contribution in [1.29, 1.82) is 0 Å². The van der Waals surface area contributed by atoms with Gasteiger partial charge in [-0.25, -0.2) is 0 Å². The number of aryl methyl sites for hydroxylation is 1. The average molecular weight is 428 g/mol. The summed E-state index contributed by atoms with van der Waals surface area (Å²) in [5.74, 6) is 0.639. The molecule has 0 N–H and O–H groups in total. The molecule has 0 amide bonds. The standard InChI is InChI=1S/C26H26F3S/c1-19-7-13-23(14-8-19)30(25-17-11-22(12-18-25)26(27,28)29)24-15-9-21(10-16-24)20-5-3-2-4-6-20/h7-18,20H,2-6H2,1H3/q+1. The summed E-state index contributed by atoms with van der Waals surface area (Å²) >= 11 is 0. The number of rotatable bonds is 4. The van der Waals surface area contributed by atoms with Crippen molar-refractivity contribution < 1.29 is 13.2 Å². The van der Waals surface area contributed by atoms with E-state index in [9.17, 15) is 13.2 Å². The van der Waals surface area contributed by atoms with Crippen molar-refractivity contribution in [2.45, 2.75) is 65.8 Å². The normalized spacial score (nSPS) is 16.4. The van der Waals surface area contributed by atoms with E-state index in [0.29, 0.717) is 5.92 Å². The molecule has 0 aromatic heterocycles. The molecule has 1 fully saturated rings. The molecule has 1 atom stereocenters. The van der Waals surface area contributed by atoms with E-state index in [2.05, 4.69) is 48.5 Å². The number of hydrogen-bond donors (Lipinski definition) is 0. The molecule has 0 nitrogen and oxygen atoms in total. The first kappa shape index (κ1) is 21.0. The fourth-order valence-corrected chi connectivity index (χ4v) is 6.22. The second kappa shape index (κ2) is 8.89. The summed E-state index contributed by atoms with van der Waals surface area (Å²) in [6.45, 7) is 2.04. The average Bonchev–Trinajstić information content (AvgIpc) is 2.76. The highest BCUT2D eigenvalue weighted by molar-refractivity contribution is 7.97. The van der Waals surface area contributed by atoms with Crippen molar-refractivity contribution in [2.24, 2.45) is 0 Å². The van der Waals surface area contributed by atoms with Crippen molar-refractivity contribution in [3.05, 3.63) is 89.5 Å². The SMILES string of the molecule is Cc1ccc([S+](c2ccc(C3CCCCC3)cc2)c2ccc(C(F)(F)F)cc2)cc1. The van der Waals surface area contributed by atoms with Crippen LogP contribution < -0.4 is 0 Å². The molecule has 3 aromatic rings. The minimum absolute atomic E-state index is 0.439. The van der Waals surface area contributed by atoms with Gasteiger partial charge in [0, 0.05) is 0 Å². The van der Waals surface area contributed by atoms with E-state index in [-0.39, 0.29) is 0 Å². The molecular weight excluding hydrogens is 401 g/mol. The molecule has 3 aromatic carbocycles. The van der Waals surface area contributed by atoms with Crippen LogP contribution in [0.4, 0.5) is 13.2 Å². The minimum atomic E-state index is -4.32. The van der Waals surface area contributed by atoms with Crippen molar-refractivity contribution in [2.75, 3.05) is 0 Å². The fraction of sp³-hybridized carbons (Fsp3) is 0.308. The van der Waals surface area contributed by atoms with E-state index in [4.69, 9.17) is 0 Å². The zero-order chi connectivity index (χ0) is 21.1. The first-order valence-electron chi connectivity index (χ1n) is 10.5. The second-order valence-electron chi connectivity index (χ2n) is 8.05. The summed E-state index contributed by atoms with van der Waals surface area (Å²) in [6.07, 6.45) is 2.11. The van der Waals surface area contributed by atoms with E-state index < -0.39 is 22.6 Å². The Balaban J connectivity index is 1.69. The zero-order valence-corrected chi connectivity index (χ0v) is 17.9. The van der Waals surface area contributed by atoms with Crippen LogP contribution in [0, 0.1) is 6.92 Å². The molecule has 0 spiro atoms. The summed E-state index contributed by atoms with van der Waals surface area (Å²) in [7, 11) is -0.439. The van der Waals surface area contributed by atoms with Gasteiger partial charge < -0.3 is 0 Å². The molecule has 0 bridgehead atoms. The quantitative estimate of drug-likeness (QED) is 0.368. The fourth-order valence-electron chi connectivity index (χ4n) is 4.17. The zero-order valence-electron chi connectivity index (χ0n) is 17.1. The maximum Gasteiger partial charge on any atom is 0.416 e. The Hall–Kier alpha value is -2.20. The Morgan fingerprint density at radius 1 is 0.667 bits per heavy atom. The van der Waals surface area contributed by atoms with Gasteiger partial charge in [0.2, 0.25) is 0 Å². The lowest BCUT2D eigenvalue weighted by molar-refractivity contribution is -0.137. The maximum atomic E-state index is 13.0. The van der Waals surface area contributed by atoms with E-state index in [1.54, 1.807) is 12.1 Å². The first-order valence-corrected chi connectivity index (χ1v) is 11.7. The van der Waals surface area contributed by atoms with Gasteiger partial charge >= 0.3 is 6.18 Å². The minimum Gasteiger partial charge on any atom is -0.166 e. The van der Waals surface area contributed by atoms with Crippen molar-refractivity contribution in [3.8, 4) is 0 Å². The molecule has 30 heavy (non-hydrogen) atoms. The number of benzene rings is 3. The molecule has 4 heteroatoms. The van der Waals surface area contributed by atoms with Gasteiger partial charge in [-0.3, -0.25) is 0 Å². The highest BCUT2D eigenvalue weighted by Gasteiger charge is 2.33. The molecule has 1 saturated carbocycles. The third-order valence-corrected chi connectivity index (χ3v) is 8.10. The molecular formula is C26H26F3S+. The van der Waals surface area contributed by atoms with Gasteiger partial charge in [0.05, 0.1) is 16.5 Å². The Labute approximate surface area is 179 Å². The van der Waals surface area contributed by atoms with Crippen LogP contribution in [0.15, 0.2) is 87.5 Å². The van der Waals surface area contributed by atoms with Gasteiger partial charge in [0.15, 0.2) is 14.7 Å². The molecule has 1 aliphatic carbocycles. The van der Waals surface area contributed by atoms with Gasteiger partial charge in [0.1, 0.15) is 0 Å². The number of alkyl halides is 3. The van der Waals surface area contributed by atoms with Gasteiger partial charge in [-0.15, -0.1) is 0 Å². The molecule has 0 heterocycles. The van der Waals surface area contributed by atoms with Crippen molar-refractivity contribution in [1.82, 2.24) is 0 Å². The lowest BCUT2D eigenvalue weighted by atomic mass is 9.84.